The summed E-state index contributed by atoms with van der Waals surface area (Å²) in [4.78, 5) is 24.9. The average Bonchev–Trinajstić information content (AvgIpc) is 2.74. The molecule has 0 atom stereocenters. The lowest BCUT2D eigenvalue weighted by Crippen LogP contribution is -2.45. The van der Waals surface area contributed by atoms with E-state index in [-0.39, 0.29) is 11.8 Å². The molecule has 6 nitrogen and oxygen atoms in total. The molecule has 152 valence electrons. The lowest BCUT2D eigenvalue weighted by Gasteiger charge is -2.32. The Morgan fingerprint density at radius 3 is 2.47 bits per heavy atom. The molecule has 0 unspecified atom stereocenters. The van der Waals surface area contributed by atoms with E-state index in [1.165, 1.54) is 0 Å². The third-order valence-corrected chi connectivity index (χ3v) is 4.79. The van der Waals surface area contributed by atoms with Crippen molar-refractivity contribution in [3.8, 4) is 11.5 Å². The van der Waals surface area contributed by atoms with Gasteiger partial charge in [0, 0.05) is 5.56 Å². The third-order valence-electron chi connectivity index (χ3n) is 4.79. The summed E-state index contributed by atoms with van der Waals surface area (Å²) in [7, 11) is 0. The molecular weight excluding hydrogens is 380 g/mol. The topological polar surface area (TPSA) is 76.7 Å². The highest BCUT2D eigenvalue weighted by Gasteiger charge is 2.36. The van der Waals surface area contributed by atoms with E-state index in [1.54, 1.807) is 56.3 Å². The first kappa shape index (κ1) is 19.5. The smallest absolute Gasteiger partial charge is 0.268 e. The van der Waals surface area contributed by atoms with Crippen LogP contribution in [0.5, 0.6) is 11.5 Å². The van der Waals surface area contributed by atoms with Crippen LogP contribution in [0.4, 0.5) is 11.4 Å². The van der Waals surface area contributed by atoms with Crippen molar-refractivity contribution < 1.29 is 19.1 Å². The van der Waals surface area contributed by atoms with Crippen LogP contribution in [-0.4, -0.2) is 17.4 Å². The van der Waals surface area contributed by atoms with Crippen LogP contribution in [0.2, 0.25) is 0 Å². The number of benzene rings is 3. The van der Waals surface area contributed by atoms with Crippen molar-refractivity contribution >= 4 is 23.2 Å². The number of hydrogen-bond donors (Lipinski definition) is 2. The molecule has 2 amide bonds. The van der Waals surface area contributed by atoms with Crippen LogP contribution in [0, 0.1) is 0 Å². The SMILES string of the molecule is CC1(C)Oc2cccc(NC(=O)c3ccc(OCc4ccccc4)cc3)c2NC1=O. The molecule has 0 saturated heterocycles. The standard InChI is InChI=1S/C24H22N2O4/c1-24(2)23(28)26-21-19(9-6-10-20(21)30-24)25-22(27)17-11-13-18(14-12-17)29-15-16-7-4-3-5-8-16/h3-14H,15H2,1-2H3,(H,25,27)(H,26,28). The molecule has 30 heavy (non-hydrogen) atoms. The first-order valence-electron chi connectivity index (χ1n) is 9.64. The van der Waals surface area contributed by atoms with Crippen molar-refractivity contribution in [3.63, 3.8) is 0 Å². The molecule has 2 N–H and O–H groups in total. The maximum Gasteiger partial charge on any atom is 0.268 e. The molecule has 1 aliphatic heterocycles. The predicted molar refractivity (Wildman–Crippen MR) is 115 cm³/mol. The van der Waals surface area contributed by atoms with E-state index in [4.69, 9.17) is 9.47 Å². The number of ether oxygens (including phenoxy) is 2. The monoisotopic (exact) mass is 402 g/mol. The summed E-state index contributed by atoms with van der Waals surface area (Å²) in [6, 6.07) is 22.0. The number of hydrogen-bond acceptors (Lipinski definition) is 4. The van der Waals surface area contributed by atoms with Gasteiger partial charge in [-0.2, -0.15) is 0 Å². The van der Waals surface area contributed by atoms with E-state index < -0.39 is 5.60 Å². The highest BCUT2D eigenvalue weighted by molar-refractivity contribution is 6.09. The molecular formula is C24H22N2O4. The lowest BCUT2D eigenvalue weighted by molar-refractivity contribution is -0.129. The number of anilines is 2. The normalized spacial score (nSPS) is 14.1. The zero-order chi connectivity index (χ0) is 21.1. The van der Waals surface area contributed by atoms with Gasteiger partial charge < -0.3 is 20.1 Å². The number of nitrogens with one attached hydrogen (secondary N) is 2. The van der Waals surface area contributed by atoms with Gasteiger partial charge in [0.2, 0.25) is 0 Å². The van der Waals surface area contributed by atoms with Gasteiger partial charge in [0.15, 0.2) is 5.60 Å². The van der Waals surface area contributed by atoms with Crippen LogP contribution in [0.3, 0.4) is 0 Å². The Hall–Kier alpha value is -3.80. The Morgan fingerprint density at radius 2 is 1.73 bits per heavy atom. The first-order valence-corrected chi connectivity index (χ1v) is 9.64. The van der Waals surface area contributed by atoms with Crippen LogP contribution in [-0.2, 0) is 11.4 Å². The Kier molecular flexibility index (Phi) is 5.14. The highest BCUT2D eigenvalue weighted by atomic mass is 16.5. The number of amides is 2. The number of carbonyl (C=O) groups excluding carboxylic acids is 2. The summed E-state index contributed by atoms with van der Waals surface area (Å²) in [5.41, 5.74) is 1.51. The van der Waals surface area contributed by atoms with Gasteiger partial charge in [-0.15, -0.1) is 0 Å². The number of fused-ring (bicyclic) bond motifs is 1. The summed E-state index contributed by atoms with van der Waals surface area (Å²) < 4.78 is 11.5. The fourth-order valence-corrected chi connectivity index (χ4v) is 3.07. The molecule has 0 radical (unpaired) electrons. The van der Waals surface area contributed by atoms with E-state index in [0.717, 1.165) is 5.56 Å². The van der Waals surface area contributed by atoms with E-state index in [0.29, 0.717) is 35.0 Å². The molecule has 6 heteroatoms. The summed E-state index contributed by atoms with van der Waals surface area (Å²) >= 11 is 0. The fourth-order valence-electron chi connectivity index (χ4n) is 3.07. The first-order chi connectivity index (χ1) is 14.4. The van der Waals surface area contributed by atoms with Crippen LogP contribution in [0.15, 0.2) is 72.8 Å². The zero-order valence-electron chi connectivity index (χ0n) is 16.8. The molecule has 1 heterocycles. The van der Waals surface area contributed by atoms with E-state index in [1.807, 2.05) is 30.3 Å². The second-order valence-corrected chi connectivity index (χ2v) is 7.50. The molecule has 0 fully saturated rings. The molecule has 0 aromatic heterocycles. The second-order valence-electron chi connectivity index (χ2n) is 7.50. The van der Waals surface area contributed by atoms with Crippen LogP contribution in [0.1, 0.15) is 29.8 Å². The minimum Gasteiger partial charge on any atom is -0.489 e. The largest absolute Gasteiger partial charge is 0.489 e. The van der Waals surface area contributed by atoms with Crippen molar-refractivity contribution in [3.05, 3.63) is 83.9 Å². The zero-order valence-corrected chi connectivity index (χ0v) is 16.8. The van der Waals surface area contributed by atoms with E-state index in [2.05, 4.69) is 10.6 Å². The molecule has 1 aliphatic rings. The maximum absolute atomic E-state index is 12.7. The summed E-state index contributed by atoms with van der Waals surface area (Å²) in [6.07, 6.45) is 0. The highest BCUT2D eigenvalue weighted by Crippen LogP contribution is 2.39. The summed E-state index contributed by atoms with van der Waals surface area (Å²) in [5, 5.41) is 5.66. The number of rotatable bonds is 5. The van der Waals surface area contributed by atoms with Crippen molar-refractivity contribution in [2.75, 3.05) is 10.6 Å². The molecule has 4 rings (SSSR count). The summed E-state index contributed by atoms with van der Waals surface area (Å²) in [5.74, 6) is 0.631. The molecule has 3 aromatic rings. The van der Waals surface area contributed by atoms with Crippen molar-refractivity contribution in [2.45, 2.75) is 26.1 Å². The van der Waals surface area contributed by atoms with Crippen molar-refractivity contribution in [1.82, 2.24) is 0 Å². The second kappa shape index (κ2) is 7.91. The molecule has 3 aromatic carbocycles. The van der Waals surface area contributed by atoms with E-state index >= 15 is 0 Å². The van der Waals surface area contributed by atoms with Gasteiger partial charge in [-0.1, -0.05) is 36.4 Å². The van der Waals surface area contributed by atoms with Gasteiger partial charge in [0.1, 0.15) is 23.8 Å². The Balaban J connectivity index is 1.44. The van der Waals surface area contributed by atoms with Crippen molar-refractivity contribution in [1.29, 1.82) is 0 Å². The summed E-state index contributed by atoms with van der Waals surface area (Å²) in [6.45, 7) is 3.84. The molecule has 0 spiro atoms. The van der Waals surface area contributed by atoms with Crippen LogP contribution >= 0.6 is 0 Å². The predicted octanol–water partition coefficient (Wildman–Crippen LogP) is 4.63. The van der Waals surface area contributed by atoms with Gasteiger partial charge in [-0.3, -0.25) is 9.59 Å². The van der Waals surface area contributed by atoms with Gasteiger partial charge >= 0.3 is 0 Å². The molecule has 0 aliphatic carbocycles. The Labute approximate surface area is 174 Å². The van der Waals surface area contributed by atoms with Crippen LogP contribution in [0.25, 0.3) is 0 Å². The third kappa shape index (κ3) is 4.12. The van der Waals surface area contributed by atoms with Gasteiger partial charge in [-0.05, 0) is 55.8 Å². The van der Waals surface area contributed by atoms with Gasteiger partial charge in [0.25, 0.3) is 11.8 Å². The quantitative estimate of drug-likeness (QED) is 0.653. The lowest BCUT2D eigenvalue weighted by atomic mass is 10.1. The molecule has 0 saturated carbocycles. The van der Waals surface area contributed by atoms with Gasteiger partial charge in [-0.25, -0.2) is 0 Å². The minimum absolute atomic E-state index is 0.267. The van der Waals surface area contributed by atoms with Gasteiger partial charge in [0.05, 0.1) is 5.69 Å². The number of para-hydroxylation sites is 1. The fraction of sp³-hybridized carbons (Fsp3) is 0.167. The number of carbonyl (C=O) groups is 2. The van der Waals surface area contributed by atoms with Crippen LogP contribution < -0.4 is 20.1 Å². The Bertz CT molecular complexity index is 1080. The average molecular weight is 402 g/mol. The minimum atomic E-state index is -0.967. The van der Waals surface area contributed by atoms with E-state index in [9.17, 15) is 9.59 Å². The Morgan fingerprint density at radius 1 is 1.00 bits per heavy atom. The maximum atomic E-state index is 12.7. The van der Waals surface area contributed by atoms with Crippen molar-refractivity contribution in [2.24, 2.45) is 0 Å². The molecule has 0 bridgehead atoms.